The van der Waals surface area contributed by atoms with Crippen molar-refractivity contribution in [1.29, 1.82) is 0 Å². The first-order valence-corrected chi connectivity index (χ1v) is 10.5. The highest BCUT2D eigenvalue weighted by molar-refractivity contribution is 5.90. The molecule has 0 radical (unpaired) electrons. The van der Waals surface area contributed by atoms with Crippen molar-refractivity contribution < 1.29 is 9.47 Å². The Labute approximate surface area is 171 Å². The first-order chi connectivity index (χ1) is 14.3. The van der Waals surface area contributed by atoms with E-state index in [1.807, 2.05) is 30.5 Å². The van der Waals surface area contributed by atoms with Gasteiger partial charge < -0.3 is 20.1 Å². The molecule has 0 bridgehead atoms. The van der Waals surface area contributed by atoms with Crippen molar-refractivity contribution in [3.8, 4) is 11.5 Å². The summed E-state index contributed by atoms with van der Waals surface area (Å²) in [6, 6.07) is 14.4. The van der Waals surface area contributed by atoms with Crippen molar-refractivity contribution in [3.05, 3.63) is 54.2 Å². The molecule has 2 N–H and O–H groups in total. The minimum atomic E-state index is 0.308. The van der Waals surface area contributed by atoms with Gasteiger partial charge in [-0.05, 0) is 80.4 Å². The zero-order valence-corrected chi connectivity index (χ0v) is 16.8. The van der Waals surface area contributed by atoms with E-state index in [0.717, 1.165) is 48.9 Å². The van der Waals surface area contributed by atoms with Crippen LogP contribution in [0.5, 0.6) is 11.5 Å². The van der Waals surface area contributed by atoms with Gasteiger partial charge in [-0.1, -0.05) is 6.07 Å². The van der Waals surface area contributed by atoms with Crippen LogP contribution in [0.15, 0.2) is 48.7 Å². The number of ether oxygens (including phenoxy) is 2. The van der Waals surface area contributed by atoms with Crippen LogP contribution < -0.4 is 20.1 Å². The fourth-order valence-corrected chi connectivity index (χ4v) is 4.13. The maximum Gasteiger partial charge on any atom is 0.130 e. The predicted molar refractivity (Wildman–Crippen MR) is 117 cm³/mol. The molecule has 1 aliphatic heterocycles. The summed E-state index contributed by atoms with van der Waals surface area (Å²) in [5.41, 5.74) is 2.32. The summed E-state index contributed by atoms with van der Waals surface area (Å²) in [7, 11) is 1.68. The Morgan fingerprint density at radius 1 is 1.03 bits per heavy atom. The lowest BCUT2D eigenvalue weighted by atomic mass is 10.0. The summed E-state index contributed by atoms with van der Waals surface area (Å²) >= 11 is 0. The van der Waals surface area contributed by atoms with Crippen molar-refractivity contribution in [2.45, 2.75) is 37.7 Å². The molecule has 5 rings (SSSR count). The number of anilines is 2. The van der Waals surface area contributed by atoms with Crippen LogP contribution in [0.25, 0.3) is 10.8 Å². The zero-order chi connectivity index (χ0) is 19.6. The van der Waals surface area contributed by atoms with E-state index in [1.165, 1.54) is 29.2 Å². The third kappa shape index (κ3) is 4.01. The molecule has 3 aromatic rings. The Bertz CT molecular complexity index is 1010. The molecule has 0 unspecified atom stereocenters. The summed E-state index contributed by atoms with van der Waals surface area (Å²) in [5.74, 6) is 3.33. The van der Waals surface area contributed by atoms with Gasteiger partial charge in [0.1, 0.15) is 23.4 Å². The number of pyridine rings is 1. The maximum atomic E-state index is 6.49. The molecule has 0 atom stereocenters. The highest BCUT2D eigenvalue weighted by atomic mass is 16.5. The molecule has 1 aromatic heterocycles. The second-order valence-electron chi connectivity index (χ2n) is 7.97. The van der Waals surface area contributed by atoms with Gasteiger partial charge in [0.05, 0.1) is 7.11 Å². The standard InChI is InChI=1S/C24H27N3O2/c1-28-20-4-2-3-18(13-20)27-23-14-21-17(15-26-23)7-8-22(24(21)16-5-6-16)29-19-9-11-25-12-10-19/h2-4,7-8,13-16,19,25H,5-6,9-12H2,1H3,(H,26,27). The fraction of sp³-hybridized carbons (Fsp3) is 0.375. The van der Waals surface area contributed by atoms with Gasteiger partial charge >= 0.3 is 0 Å². The van der Waals surface area contributed by atoms with Crippen molar-refractivity contribution in [3.63, 3.8) is 0 Å². The van der Waals surface area contributed by atoms with Crippen LogP contribution in [0, 0.1) is 0 Å². The van der Waals surface area contributed by atoms with E-state index in [-0.39, 0.29) is 0 Å². The Morgan fingerprint density at radius 2 is 1.90 bits per heavy atom. The van der Waals surface area contributed by atoms with Crippen molar-refractivity contribution >= 4 is 22.3 Å². The molecule has 1 aliphatic carbocycles. The van der Waals surface area contributed by atoms with Crippen LogP contribution in [0.2, 0.25) is 0 Å². The molecule has 5 heteroatoms. The van der Waals surface area contributed by atoms with Crippen LogP contribution in [-0.4, -0.2) is 31.3 Å². The van der Waals surface area contributed by atoms with Crippen molar-refractivity contribution in [1.82, 2.24) is 10.3 Å². The minimum absolute atomic E-state index is 0.308. The van der Waals surface area contributed by atoms with Crippen molar-refractivity contribution in [2.24, 2.45) is 0 Å². The van der Waals surface area contributed by atoms with Gasteiger partial charge in [-0.3, -0.25) is 0 Å². The number of rotatable bonds is 6. The quantitative estimate of drug-likeness (QED) is 0.622. The highest BCUT2D eigenvalue weighted by Crippen LogP contribution is 2.48. The number of fused-ring (bicyclic) bond motifs is 1. The average molecular weight is 389 g/mol. The normalized spacial score (nSPS) is 17.3. The SMILES string of the molecule is COc1cccc(Nc2cc3c(C4CC4)c(OC4CCNCC4)ccc3cn2)c1. The summed E-state index contributed by atoms with van der Waals surface area (Å²) in [6.07, 6.45) is 6.88. The van der Waals surface area contributed by atoms with Gasteiger partial charge in [0.2, 0.25) is 0 Å². The number of hydrogen-bond acceptors (Lipinski definition) is 5. The van der Waals surface area contributed by atoms with Crippen LogP contribution in [0.4, 0.5) is 11.5 Å². The van der Waals surface area contributed by atoms with Gasteiger partial charge in [-0.2, -0.15) is 0 Å². The number of benzene rings is 2. The number of nitrogens with zero attached hydrogens (tertiary/aromatic N) is 1. The van der Waals surface area contributed by atoms with Crippen LogP contribution in [0.3, 0.4) is 0 Å². The van der Waals surface area contributed by atoms with E-state index < -0.39 is 0 Å². The molecule has 2 aliphatic rings. The third-order valence-electron chi connectivity index (χ3n) is 5.81. The fourth-order valence-electron chi connectivity index (χ4n) is 4.13. The van der Waals surface area contributed by atoms with Gasteiger partial charge in [-0.25, -0.2) is 4.98 Å². The topological polar surface area (TPSA) is 55.4 Å². The largest absolute Gasteiger partial charge is 0.497 e. The number of methoxy groups -OCH3 is 1. The average Bonchev–Trinajstić information content (AvgIpc) is 3.59. The van der Waals surface area contributed by atoms with Gasteiger partial charge in [0, 0.05) is 28.9 Å². The molecule has 0 spiro atoms. The number of nitrogens with one attached hydrogen (secondary N) is 2. The second-order valence-corrected chi connectivity index (χ2v) is 7.97. The molecular formula is C24H27N3O2. The van der Waals surface area contributed by atoms with Gasteiger partial charge in [-0.15, -0.1) is 0 Å². The van der Waals surface area contributed by atoms with Crippen LogP contribution in [0.1, 0.15) is 37.2 Å². The smallest absolute Gasteiger partial charge is 0.130 e. The van der Waals surface area contributed by atoms with E-state index in [2.05, 4.69) is 33.8 Å². The molecule has 2 heterocycles. The van der Waals surface area contributed by atoms with Crippen LogP contribution in [-0.2, 0) is 0 Å². The number of hydrogen-bond donors (Lipinski definition) is 2. The van der Waals surface area contributed by atoms with Crippen molar-refractivity contribution in [2.75, 3.05) is 25.5 Å². The molecule has 29 heavy (non-hydrogen) atoms. The lowest BCUT2D eigenvalue weighted by Crippen LogP contribution is -2.34. The first kappa shape index (κ1) is 18.3. The van der Waals surface area contributed by atoms with E-state index in [9.17, 15) is 0 Å². The Morgan fingerprint density at radius 3 is 2.69 bits per heavy atom. The monoisotopic (exact) mass is 389 g/mol. The molecule has 150 valence electrons. The first-order valence-electron chi connectivity index (χ1n) is 10.5. The molecule has 1 saturated carbocycles. The summed E-state index contributed by atoms with van der Waals surface area (Å²) in [5, 5.41) is 9.25. The molecular weight excluding hydrogens is 362 g/mol. The Hall–Kier alpha value is -2.79. The molecule has 0 amide bonds. The summed E-state index contributed by atoms with van der Waals surface area (Å²) in [4.78, 5) is 4.62. The highest BCUT2D eigenvalue weighted by Gasteiger charge is 2.30. The van der Waals surface area contributed by atoms with E-state index >= 15 is 0 Å². The second kappa shape index (κ2) is 7.91. The molecule has 2 fully saturated rings. The number of aromatic nitrogens is 1. The summed E-state index contributed by atoms with van der Waals surface area (Å²) < 4.78 is 11.8. The van der Waals surface area contributed by atoms with E-state index in [1.54, 1.807) is 7.11 Å². The summed E-state index contributed by atoms with van der Waals surface area (Å²) in [6.45, 7) is 2.07. The number of piperidine rings is 1. The van der Waals surface area contributed by atoms with Crippen LogP contribution >= 0.6 is 0 Å². The minimum Gasteiger partial charge on any atom is -0.497 e. The van der Waals surface area contributed by atoms with E-state index in [0.29, 0.717) is 12.0 Å². The van der Waals surface area contributed by atoms with Gasteiger partial charge in [0.25, 0.3) is 0 Å². The van der Waals surface area contributed by atoms with E-state index in [4.69, 9.17) is 9.47 Å². The molecule has 5 nitrogen and oxygen atoms in total. The molecule has 1 saturated heterocycles. The Kier molecular flexibility index (Phi) is 4.98. The Balaban J connectivity index is 1.48. The third-order valence-corrected chi connectivity index (χ3v) is 5.81. The lowest BCUT2D eigenvalue weighted by Gasteiger charge is -2.25. The maximum absolute atomic E-state index is 6.49. The molecule has 2 aromatic carbocycles. The zero-order valence-electron chi connectivity index (χ0n) is 16.8. The van der Waals surface area contributed by atoms with Gasteiger partial charge in [0.15, 0.2) is 0 Å². The predicted octanol–water partition coefficient (Wildman–Crippen LogP) is 5.00. The lowest BCUT2D eigenvalue weighted by molar-refractivity contribution is 0.161.